The molecule has 0 radical (unpaired) electrons. The van der Waals surface area contributed by atoms with Crippen molar-refractivity contribution in [3.05, 3.63) is 28.8 Å². The molecule has 0 aromatic heterocycles. The van der Waals surface area contributed by atoms with E-state index in [9.17, 15) is 0 Å². The van der Waals surface area contributed by atoms with Gasteiger partial charge in [0.15, 0.2) is 0 Å². The van der Waals surface area contributed by atoms with Crippen LogP contribution < -0.4 is 10.2 Å². The van der Waals surface area contributed by atoms with Crippen molar-refractivity contribution in [2.24, 2.45) is 0 Å². The third kappa shape index (κ3) is 3.53. The summed E-state index contributed by atoms with van der Waals surface area (Å²) < 4.78 is 0. The van der Waals surface area contributed by atoms with E-state index in [2.05, 4.69) is 47.2 Å². The summed E-state index contributed by atoms with van der Waals surface area (Å²) in [5, 5.41) is 4.32. The van der Waals surface area contributed by atoms with Crippen LogP contribution >= 0.6 is 11.6 Å². The maximum atomic E-state index is 6.54. The SMILES string of the molecule is CCNC(C)c1ccc(N2CCN(C3CC3)CC2)c(Cl)c1. The largest absolute Gasteiger partial charge is 0.368 e. The van der Waals surface area contributed by atoms with Gasteiger partial charge in [0.1, 0.15) is 0 Å². The molecule has 1 aromatic rings. The maximum absolute atomic E-state index is 6.54. The first-order valence-corrected chi connectivity index (χ1v) is 8.58. The number of piperazine rings is 1. The topological polar surface area (TPSA) is 18.5 Å². The van der Waals surface area contributed by atoms with Gasteiger partial charge in [0.25, 0.3) is 0 Å². The Bertz CT molecular complexity index is 479. The molecule has 116 valence electrons. The summed E-state index contributed by atoms with van der Waals surface area (Å²) in [5.41, 5.74) is 2.46. The van der Waals surface area contributed by atoms with Crippen molar-refractivity contribution >= 4 is 17.3 Å². The van der Waals surface area contributed by atoms with E-state index < -0.39 is 0 Å². The van der Waals surface area contributed by atoms with Gasteiger partial charge in [0.2, 0.25) is 0 Å². The molecule has 1 aromatic carbocycles. The quantitative estimate of drug-likeness (QED) is 0.900. The second-order valence-corrected chi connectivity index (χ2v) is 6.65. The highest BCUT2D eigenvalue weighted by molar-refractivity contribution is 6.33. The third-order valence-electron chi connectivity index (χ3n) is 4.70. The van der Waals surface area contributed by atoms with Crippen LogP contribution in [-0.2, 0) is 0 Å². The second kappa shape index (κ2) is 6.55. The summed E-state index contributed by atoms with van der Waals surface area (Å²) in [6.07, 6.45) is 2.80. The molecular formula is C17H26ClN3. The molecule has 0 amide bonds. The number of nitrogens with one attached hydrogen (secondary N) is 1. The Labute approximate surface area is 133 Å². The molecule has 3 rings (SSSR count). The van der Waals surface area contributed by atoms with Gasteiger partial charge in [-0.2, -0.15) is 0 Å². The molecule has 2 aliphatic rings. The number of halogens is 1. The monoisotopic (exact) mass is 307 g/mol. The molecule has 1 unspecified atom stereocenters. The van der Waals surface area contributed by atoms with E-state index in [-0.39, 0.29) is 0 Å². The Morgan fingerprint density at radius 2 is 1.95 bits per heavy atom. The molecule has 3 nitrogen and oxygen atoms in total. The van der Waals surface area contributed by atoms with Gasteiger partial charge in [-0.15, -0.1) is 0 Å². The first-order chi connectivity index (χ1) is 10.2. The number of hydrogen-bond acceptors (Lipinski definition) is 3. The zero-order valence-corrected chi connectivity index (χ0v) is 13.9. The van der Waals surface area contributed by atoms with Gasteiger partial charge in [-0.1, -0.05) is 24.6 Å². The molecule has 4 heteroatoms. The van der Waals surface area contributed by atoms with Crippen molar-refractivity contribution in [2.45, 2.75) is 38.8 Å². The summed E-state index contributed by atoms with van der Waals surface area (Å²) in [5.74, 6) is 0. The summed E-state index contributed by atoms with van der Waals surface area (Å²) in [7, 11) is 0. The molecule has 1 saturated heterocycles. The molecule has 1 N–H and O–H groups in total. The third-order valence-corrected chi connectivity index (χ3v) is 5.00. The van der Waals surface area contributed by atoms with Crippen LogP contribution in [0.2, 0.25) is 5.02 Å². The molecule has 21 heavy (non-hydrogen) atoms. The Hall–Kier alpha value is -0.770. The highest BCUT2D eigenvalue weighted by atomic mass is 35.5. The predicted octanol–water partition coefficient (Wildman–Crippen LogP) is 3.29. The van der Waals surface area contributed by atoms with E-state index in [1.54, 1.807) is 0 Å². The van der Waals surface area contributed by atoms with Gasteiger partial charge in [0, 0.05) is 38.3 Å². The fraction of sp³-hybridized carbons (Fsp3) is 0.647. The average molecular weight is 308 g/mol. The first-order valence-electron chi connectivity index (χ1n) is 8.21. The summed E-state index contributed by atoms with van der Waals surface area (Å²) >= 11 is 6.54. The van der Waals surface area contributed by atoms with Crippen molar-refractivity contribution in [1.82, 2.24) is 10.2 Å². The summed E-state index contributed by atoms with van der Waals surface area (Å²) in [6, 6.07) is 7.76. The van der Waals surface area contributed by atoms with Crippen molar-refractivity contribution in [2.75, 3.05) is 37.6 Å². The van der Waals surface area contributed by atoms with Crippen LogP contribution in [0.3, 0.4) is 0 Å². The second-order valence-electron chi connectivity index (χ2n) is 6.24. The zero-order chi connectivity index (χ0) is 14.8. The molecule has 1 atom stereocenters. The van der Waals surface area contributed by atoms with E-state index >= 15 is 0 Å². The molecule has 1 saturated carbocycles. The highest BCUT2D eigenvalue weighted by Crippen LogP contribution is 2.32. The minimum absolute atomic E-state index is 0.355. The number of nitrogens with zero attached hydrogens (tertiary/aromatic N) is 2. The Balaban J connectivity index is 1.65. The van der Waals surface area contributed by atoms with Gasteiger partial charge in [-0.25, -0.2) is 0 Å². The molecule has 0 bridgehead atoms. The zero-order valence-electron chi connectivity index (χ0n) is 13.1. The van der Waals surface area contributed by atoms with Gasteiger partial charge < -0.3 is 10.2 Å². The van der Waals surface area contributed by atoms with Crippen LogP contribution in [0, 0.1) is 0 Å². The highest BCUT2D eigenvalue weighted by Gasteiger charge is 2.31. The molecule has 1 aliphatic carbocycles. The number of rotatable bonds is 5. The van der Waals surface area contributed by atoms with Gasteiger partial charge in [-0.05, 0) is 44.0 Å². The van der Waals surface area contributed by atoms with E-state index in [1.165, 1.54) is 37.2 Å². The molecule has 1 aliphatic heterocycles. The normalized spacial score (nSPS) is 21.6. The Morgan fingerprint density at radius 3 is 2.52 bits per heavy atom. The minimum Gasteiger partial charge on any atom is -0.368 e. The van der Waals surface area contributed by atoms with Crippen LogP contribution in [-0.4, -0.2) is 43.7 Å². The van der Waals surface area contributed by atoms with Crippen molar-refractivity contribution in [3.8, 4) is 0 Å². The fourth-order valence-corrected chi connectivity index (χ4v) is 3.55. The first kappa shape index (κ1) is 15.1. The van der Waals surface area contributed by atoms with Crippen LogP contribution in [0.4, 0.5) is 5.69 Å². The van der Waals surface area contributed by atoms with E-state index in [0.29, 0.717) is 6.04 Å². The summed E-state index contributed by atoms with van der Waals surface area (Å²) in [4.78, 5) is 5.06. The van der Waals surface area contributed by atoms with Crippen LogP contribution in [0.25, 0.3) is 0 Å². The number of hydrogen-bond donors (Lipinski definition) is 1. The van der Waals surface area contributed by atoms with Gasteiger partial charge in [0.05, 0.1) is 10.7 Å². The predicted molar refractivity (Wildman–Crippen MR) is 90.4 cm³/mol. The lowest BCUT2D eigenvalue weighted by atomic mass is 10.1. The minimum atomic E-state index is 0.355. The fourth-order valence-electron chi connectivity index (χ4n) is 3.24. The molecule has 1 heterocycles. The van der Waals surface area contributed by atoms with Crippen LogP contribution in [0.15, 0.2) is 18.2 Å². The van der Waals surface area contributed by atoms with E-state index in [1.807, 2.05) is 0 Å². The lowest BCUT2D eigenvalue weighted by Gasteiger charge is -2.36. The van der Waals surface area contributed by atoms with E-state index in [0.717, 1.165) is 30.7 Å². The standard InChI is InChI=1S/C17H26ClN3/c1-3-19-13(2)14-4-7-17(16(18)12-14)21-10-8-20(9-11-21)15-5-6-15/h4,7,12-13,15,19H,3,5-6,8-11H2,1-2H3. The van der Waals surface area contributed by atoms with E-state index in [4.69, 9.17) is 11.6 Å². The van der Waals surface area contributed by atoms with Crippen LogP contribution in [0.1, 0.15) is 38.3 Å². The smallest absolute Gasteiger partial charge is 0.0642 e. The maximum Gasteiger partial charge on any atom is 0.0642 e. The summed E-state index contributed by atoms with van der Waals surface area (Å²) in [6.45, 7) is 9.84. The number of anilines is 1. The number of benzene rings is 1. The Kier molecular flexibility index (Phi) is 4.72. The lowest BCUT2D eigenvalue weighted by Crippen LogP contribution is -2.47. The molecule has 0 spiro atoms. The van der Waals surface area contributed by atoms with Crippen molar-refractivity contribution in [1.29, 1.82) is 0 Å². The average Bonchev–Trinajstić information content (AvgIpc) is 3.32. The lowest BCUT2D eigenvalue weighted by molar-refractivity contribution is 0.248. The molecular weight excluding hydrogens is 282 g/mol. The Morgan fingerprint density at radius 1 is 1.24 bits per heavy atom. The van der Waals surface area contributed by atoms with Gasteiger partial charge in [-0.3, -0.25) is 4.90 Å². The van der Waals surface area contributed by atoms with Gasteiger partial charge >= 0.3 is 0 Å². The molecule has 2 fully saturated rings. The van der Waals surface area contributed by atoms with Crippen molar-refractivity contribution < 1.29 is 0 Å². The van der Waals surface area contributed by atoms with Crippen molar-refractivity contribution in [3.63, 3.8) is 0 Å². The van der Waals surface area contributed by atoms with Crippen LogP contribution in [0.5, 0.6) is 0 Å².